The van der Waals surface area contributed by atoms with Gasteiger partial charge in [-0.25, -0.2) is 0 Å². The van der Waals surface area contributed by atoms with Crippen LogP contribution in [0.3, 0.4) is 0 Å². The van der Waals surface area contributed by atoms with Crippen LogP contribution in [-0.2, 0) is 12.6 Å². The van der Waals surface area contributed by atoms with Crippen molar-refractivity contribution in [2.24, 2.45) is 0 Å². The monoisotopic (exact) mass is 300 g/mol. The summed E-state index contributed by atoms with van der Waals surface area (Å²) in [6.07, 6.45) is 1.58. The van der Waals surface area contributed by atoms with Gasteiger partial charge in [0.25, 0.3) is 0 Å². The summed E-state index contributed by atoms with van der Waals surface area (Å²) >= 11 is 4.08. The predicted molar refractivity (Wildman–Crippen MR) is 19.7 cm³/mol. The molecule has 0 spiro atoms. The molecule has 0 saturated heterocycles. The van der Waals surface area contributed by atoms with Crippen LogP contribution in [0.15, 0.2) is 0 Å². The molecule has 0 heterocycles. The van der Waals surface area contributed by atoms with Crippen LogP contribution in [0.2, 0.25) is 0 Å². The summed E-state index contributed by atoms with van der Waals surface area (Å²) in [5, 5.41) is 0. The van der Waals surface area contributed by atoms with Gasteiger partial charge in [-0.2, -0.15) is 6.26 Å². The Bertz CT molecular complexity index is 6.00. The van der Waals surface area contributed by atoms with Crippen LogP contribution in [0.25, 0.3) is 0 Å². The van der Waals surface area contributed by atoms with Crippen LogP contribution in [0.5, 0.6) is 0 Å². The van der Waals surface area contributed by atoms with Crippen molar-refractivity contribution >= 4 is 12.6 Å². The zero-order valence-corrected chi connectivity index (χ0v) is 7.89. The Hall–Kier alpha value is 1.40. The summed E-state index contributed by atoms with van der Waals surface area (Å²) in [4.78, 5) is 0. The Morgan fingerprint density at radius 2 is 1.25 bits per heavy atom. The first-order valence-corrected chi connectivity index (χ1v) is 1.22. The van der Waals surface area contributed by atoms with E-state index in [0.717, 1.165) is 0 Å². The van der Waals surface area contributed by atoms with Crippen LogP contribution >= 0.6 is 0 Å². The largest absolute Gasteiger partial charge is 2.00 e. The Kier molecular flexibility index (Phi) is 118. The summed E-state index contributed by atoms with van der Waals surface area (Å²) in [5.41, 5.74) is 0. The molecule has 0 atom stereocenters. The van der Waals surface area contributed by atoms with Crippen LogP contribution in [0, 0.1) is 38.5 Å². The minimum absolute atomic E-state index is 0. The molecule has 0 bridgehead atoms. The summed E-state index contributed by atoms with van der Waals surface area (Å²) < 4.78 is 0. The van der Waals surface area contributed by atoms with Crippen molar-refractivity contribution in [3.05, 3.63) is 7.43 Å². The quantitative estimate of drug-likeness (QED) is 0.467. The molecule has 2 heteroatoms. The SMILES string of the molecule is C[S-].[CH3-].[U+2]. The molecule has 0 nitrogen and oxygen atoms in total. The van der Waals surface area contributed by atoms with Crippen molar-refractivity contribution in [1.29, 1.82) is 0 Å². The van der Waals surface area contributed by atoms with Gasteiger partial charge >= 0.3 is 31.1 Å². The first-order chi connectivity index (χ1) is 1.00. The van der Waals surface area contributed by atoms with E-state index in [1.807, 2.05) is 0 Å². The number of hydrogen-bond acceptors (Lipinski definition) is 1. The van der Waals surface area contributed by atoms with E-state index in [9.17, 15) is 0 Å². The van der Waals surface area contributed by atoms with Crippen molar-refractivity contribution in [2.75, 3.05) is 6.26 Å². The molecule has 0 aliphatic rings. The topological polar surface area (TPSA) is 0 Å². The standard InChI is InChI=1S/CH4S.CH3.U/c1-2;;/h2H,1H3;1H3;/q;-1;+2/p-1. The first kappa shape index (κ1) is 18.1. The average Bonchev–Trinajstić information content (AvgIpc) is 1.00. The zero-order valence-electron chi connectivity index (χ0n) is 2.91. The van der Waals surface area contributed by atoms with Crippen LogP contribution < -0.4 is 0 Å². The maximum atomic E-state index is 4.08. The van der Waals surface area contributed by atoms with Crippen LogP contribution in [0.1, 0.15) is 0 Å². The first-order valence-electron chi connectivity index (χ1n) is 0.408. The maximum absolute atomic E-state index is 4.08. The fourth-order valence-corrected chi connectivity index (χ4v) is 0. The van der Waals surface area contributed by atoms with Gasteiger partial charge in [0.15, 0.2) is 0 Å². The number of hydrogen-bond donors (Lipinski definition) is 0. The molecule has 0 rings (SSSR count). The Morgan fingerprint density at radius 1 is 1.25 bits per heavy atom. The van der Waals surface area contributed by atoms with Crippen LogP contribution in [0.4, 0.5) is 0 Å². The Balaban J connectivity index is -0.00000000500. The molecule has 0 N–H and O–H groups in total. The number of rotatable bonds is 0. The van der Waals surface area contributed by atoms with Crippen molar-refractivity contribution in [2.45, 2.75) is 0 Å². The summed E-state index contributed by atoms with van der Waals surface area (Å²) in [6, 6.07) is 0. The van der Waals surface area contributed by atoms with E-state index >= 15 is 0 Å². The second-order valence-corrected chi connectivity index (χ2v) is 0. The zero-order chi connectivity index (χ0) is 2.00. The second-order valence-electron chi connectivity index (χ2n) is 0. The summed E-state index contributed by atoms with van der Waals surface area (Å²) in [5.74, 6) is 0. The van der Waals surface area contributed by atoms with E-state index in [-0.39, 0.29) is 38.5 Å². The molecule has 0 amide bonds. The van der Waals surface area contributed by atoms with Gasteiger partial charge < -0.3 is 20.1 Å². The van der Waals surface area contributed by atoms with Gasteiger partial charge in [0.1, 0.15) is 0 Å². The molecular formula is C2H6SU. The molecule has 0 aliphatic heterocycles. The third kappa shape index (κ3) is 9.99. The van der Waals surface area contributed by atoms with E-state index in [0.29, 0.717) is 0 Å². The van der Waals surface area contributed by atoms with Crippen molar-refractivity contribution in [3.63, 3.8) is 0 Å². The van der Waals surface area contributed by atoms with E-state index in [2.05, 4.69) is 12.6 Å². The van der Waals surface area contributed by atoms with Crippen molar-refractivity contribution in [1.82, 2.24) is 0 Å². The molecule has 24 valence electrons. The smallest absolute Gasteiger partial charge is 0.796 e. The normalized spacial score (nSPS) is 1.50. The van der Waals surface area contributed by atoms with Gasteiger partial charge in [0, 0.05) is 0 Å². The average molecular weight is 300 g/mol. The molecule has 0 aromatic carbocycles. The van der Waals surface area contributed by atoms with E-state index < -0.39 is 0 Å². The van der Waals surface area contributed by atoms with Gasteiger partial charge in [-0.1, -0.05) is 0 Å². The molecule has 0 aromatic rings. The van der Waals surface area contributed by atoms with Gasteiger partial charge in [0.2, 0.25) is 0 Å². The van der Waals surface area contributed by atoms with Crippen molar-refractivity contribution < 1.29 is 31.1 Å². The Morgan fingerprint density at radius 3 is 1.25 bits per heavy atom. The molecular weight excluding hydrogens is 294 g/mol. The molecule has 0 aliphatic carbocycles. The third-order valence-electron chi connectivity index (χ3n) is 0. The molecule has 4 heavy (non-hydrogen) atoms. The van der Waals surface area contributed by atoms with Gasteiger partial charge in [-0.05, 0) is 0 Å². The third-order valence-corrected chi connectivity index (χ3v) is 0. The van der Waals surface area contributed by atoms with E-state index in [1.165, 1.54) is 0 Å². The van der Waals surface area contributed by atoms with E-state index in [1.54, 1.807) is 6.26 Å². The summed E-state index contributed by atoms with van der Waals surface area (Å²) in [6.45, 7) is 0. The predicted octanol–water partition coefficient (Wildman–Crippen LogP) is 0.613. The molecule has 0 saturated carbocycles. The van der Waals surface area contributed by atoms with E-state index in [4.69, 9.17) is 0 Å². The molecule has 0 radical (unpaired) electrons. The fraction of sp³-hybridized carbons (Fsp3) is 0.500. The minimum Gasteiger partial charge on any atom is -0.796 e. The van der Waals surface area contributed by atoms with Crippen molar-refractivity contribution in [3.8, 4) is 0 Å². The van der Waals surface area contributed by atoms with Crippen LogP contribution in [-0.4, -0.2) is 6.26 Å². The minimum atomic E-state index is 0. The van der Waals surface area contributed by atoms with Gasteiger partial charge in [-0.15, -0.1) is 0 Å². The molecule has 0 aromatic heterocycles. The maximum Gasteiger partial charge on any atom is 2.00 e. The van der Waals surface area contributed by atoms with Gasteiger partial charge in [0.05, 0.1) is 0 Å². The van der Waals surface area contributed by atoms with Gasteiger partial charge in [-0.3, -0.25) is 0 Å². The molecule has 0 unspecified atom stereocenters. The Labute approximate surface area is 57.1 Å². The molecule has 0 fully saturated rings. The fourth-order valence-electron chi connectivity index (χ4n) is 0. The summed E-state index contributed by atoms with van der Waals surface area (Å²) in [7, 11) is 0. The second kappa shape index (κ2) is 25.9.